The molecule has 0 aliphatic rings. The maximum absolute atomic E-state index is 12.4. The van der Waals surface area contributed by atoms with Crippen LogP contribution in [0.25, 0.3) is 0 Å². The van der Waals surface area contributed by atoms with E-state index in [9.17, 15) is 21.6 Å². The predicted molar refractivity (Wildman–Crippen MR) is 83.7 cm³/mol. The number of nitrogens with zero attached hydrogens (tertiary/aromatic N) is 2. The quantitative estimate of drug-likeness (QED) is 0.828. The molecular weight excluding hydrogens is 355 g/mol. The van der Waals surface area contributed by atoms with Gasteiger partial charge in [0, 0.05) is 25.8 Å². The maximum Gasteiger partial charge on any atom is 0.433 e. The average Bonchev–Trinajstić information content (AvgIpc) is 2.43. The zero-order valence-corrected chi connectivity index (χ0v) is 14.7. The largest absolute Gasteiger partial charge is 0.433 e. The molecule has 0 saturated carbocycles. The van der Waals surface area contributed by atoms with Gasteiger partial charge in [-0.2, -0.15) is 13.2 Å². The summed E-state index contributed by atoms with van der Waals surface area (Å²) in [5, 5.41) is 0. The molecule has 134 valence electrons. The summed E-state index contributed by atoms with van der Waals surface area (Å²) < 4.78 is 62.8. The Hall–Kier alpha value is -0.900. The van der Waals surface area contributed by atoms with Gasteiger partial charge in [-0.1, -0.05) is 13.8 Å². The monoisotopic (exact) mass is 375 g/mol. The van der Waals surface area contributed by atoms with Gasteiger partial charge in [0.2, 0.25) is 10.0 Å². The van der Waals surface area contributed by atoms with Crippen molar-refractivity contribution in [2.45, 2.75) is 37.4 Å². The Balaban J connectivity index is 0.00000484. The smallest absolute Gasteiger partial charge is 0.327 e. The zero-order valence-electron chi connectivity index (χ0n) is 13.0. The van der Waals surface area contributed by atoms with Crippen LogP contribution in [0, 0.1) is 5.92 Å². The number of hydrogen-bond acceptors (Lipinski definition) is 4. The van der Waals surface area contributed by atoms with E-state index in [1.54, 1.807) is 0 Å². The third kappa shape index (κ3) is 5.91. The number of nitrogens with two attached hydrogens (primary N) is 1. The fraction of sp³-hybridized carbons (Fsp3) is 0.615. The van der Waals surface area contributed by atoms with Gasteiger partial charge in [-0.15, -0.1) is 12.4 Å². The summed E-state index contributed by atoms with van der Waals surface area (Å²) in [5.74, 6) is 0.212. The van der Waals surface area contributed by atoms with Crippen LogP contribution in [0.1, 0.15) is 26.0 Å². The first-order valence-corrected chi connectivity index (χ1v) is 8.15. The van der Waals surface area contributed by atoms with Gasteiger partial charge in [0.25, 0.3) is 0 Å². The summed E-state index contributed by atoms with van der Waals surface area (Å²) in [6.07, 6.45) is -3.42. The Labute approximate surface area is 140 Å². The van der Waals surface area contributed by atoms with Crippen molar-refractivity contribution in [1.29, 1.82) is 0 Å². The topological polar surface area (TPSA) is 76.3 Å². The Kier molecular flexibility index (Phi) is 7.95. The molecule has 5 nitrogen and oxygen atoms in total. The molecule has 0 radical (unpaired) electrons. The molecule has 0 aliphatic heterocycles. The van der Waals surface area contributed by atoms with Crippen molar-refractivity contribution in [3.63, 3.8) is 0 Å². The third-order valence-electron chi connectivity index (χ3n) is 3.37. The Bertz CT molecular complexity index is 591. The van der Waals surface area contributed by atoms with E-state index in [4.69, 9.17) is 5.73 Å². The van der Waals surface area contributed by atoms with Crippen LogP contribution in [0.3, 0.4) is 0 Å². The van der Waals surface area contributed by atoms with Crippen LogP contribution in [0.15, 0.2) is 23.2 Å². The van der Waals surface area contributed by atoms with Gasteiger partial charge >= 0.3 is 6.18 Å². The Morgan fingerprint density at radius 1 is 1.30 bits per heavy atom. The predicted octanol–water partition coefficient (Wildman–Crippen LogP) is 2.52. The second-order valence-corrected chi connectivity index (χ2v) is 7.44. The molecule has 1 unspecified atom stereocenters. The van der Waals surface area contributed by atoms with Gasteiger partial charge in [-0.25, -0.2) is 12.7 Å². The van der Waals surface area contributed by atoms with E-state index in [2.05, 4.69) is 4.98 Å². The molecule has 1 rings (SSSR count). The van der Waals surface area contributed by atoms with Crippen molar-refractivity contribution in [1.82, 2.24) is 9.29 Å². The second-order valence-electron chi connectivity index (χ2n) is 5.40. The normalized spacial score (nSPS) is 14.0. The van der Waals surface area contributed by atoms with Crippen molar-refractivity contribution in [2.24, 2.45) is 11.7 Å². The minimum atomic E-state index is -4.60. The number of halogens is 4. The van der Waals surface area contributed by atoms with Gasteiger partial charge in [0.1, 0.15) is 10.6 Å². The lowest BCUT2D eigenvalue weighted by Gasteiger charge is -2.21. The van der Waals surface area contributed by atoms with E-state index in [0.29, 0.717) is 12.5 Å². The average molecular weight is 376 g/mol. The van der Waals surface area contributed by atoms with E-state index in [-0.39, 0.29) is 35.8 Å². The molecule has 0 bridgehead atoms. The Morgan fingerprint density at radius 3 is 2.26 bits per heavy atom. The highest BCUT2D eigenvalue weighted by molar-refractivity contribution is 7.89. The Morgan fingerprint density at radius 2 is 1.87 bits per heavy atom. The van der Waals surface area contributed by atoms with E-state index in [1.165, 1.54) is 7.05 Å². The molecule has 2 N–H and O–H groups in total. The molecule has 0 saturated heterocycles. The van der Waals surface area contributed by atoms with E-state index >= 15 is 0 Å². The van der Waals surface area contributed by atoms with E-state index in [1.807, 2.05) is 13.8 Å². The first-order chi connectivity index (χ1) is 9.96. The first-order valence-electron chi connectivity index (χ1n) is 6.71. The van der Waals surface area contributed by atoms with Crippen molar-refractivity contribution in [2.75, 3.05) is 13.6 Å². The molecule has 0 aliphatic carbocycles. The van der Waals surface area contributed by atoms with Crippen LogP contribution >= 0.6 is 12.4 Å². The lowest BCUT2D eigenvalue weighted by atomic mass is 10.0. The van der Waals surface area contributed by atoms with Crippen molar-refractivity contribution in [3.05, 3.63) is 24.0 Å². The minimum Gasteiger partial charge on any atom is -0.327 e. The molecule has 0 amide bonds. The maximum atomic E-state index is 12.4. The fourth-order valence-corrected chi connectivity index (χ4v) is 2.80. The number of sulfonamides is 1. The zero-order chi connectivity index (χ0) is 17.1. The number of hydrogen-bond donors (Lipinski definition) is 1. The van der Waals surface area contributed by atoms with Crippen LogP contribution < -0.4 is 5.73 Å². The van der Waals surface area contributed by atoms with Gasteiger partial charge in [-0.3, -0.25) is 4.98 Å². The molecule has 10 heteroatoms. The summed E-state index contributed by atoms with van der Waals surface area (Å²) in [4.78, 5) is 2.89. The fourth-order valence-electron chi connectivity index (χ4n) is 1.66. The van der Waals surface area contributed by atoms with Crippen molar-refractivity contribution >= 4 is 22.4 Å². The molecule has 1 aromatic rings. The van der Waals surface area contributed by atoms with Crippen LogP contribution in [-0.4, -0.2) is 37.3 Å². The van der Waals surface area contributed by atoms with Crippen LogP contribution in [0.5, 0.6) is 0 Å². The van der Waals surface area contributed by atoms with Crippen LogP contribution in [0.2, 0.25) is 0 Å². The summed E-state index contributed by atoms with van der Waals surface area (Å²) in [6.45, 7) is 4.04. The first kappa shape index (κ1) is 22.1. The highest BCUT2D eigenvalue weighted by atomic mass is 35.5. The highest BCUT2D eigenvalue weighted by Gasteiger charge is 2.33. The molecule has 1 aromatic heterocycles. The third-order valence-corrected chi connectivity index (χ3v) is 5.21. The summed E-state index contributed by atoms with van der Waals surface area (Å²) in [5.41, 5.74) is 4.73. The lowest BCUT2D eigenvalue weighted by Crippen LogP contribution is -2.34. The molecule has 1 atom stereocenters. The van der Waals surface area contributed by atoms with Gasteiger partial charge in [0.15, 0.2) is 0 Å². The summed E-state index contributed by atoms with van der Waals surface area (Å²) >= 11 is 0. The van der Waals surface area contributed by atoms with E-state index < -0.39 is 21.9 Å². The van der Waals surface area contributed by atoms with Gasteiger partial charge in [-0.05, 0) is 24.5 Å². The molecular formula is C13H21ClF3N3O2S. The number of aromatic nitrogens is 1. The minimum absolute atomic E-state index is 0. The molecule has 0 aromatic carbocycles. The second kappa shape index (κ2) is 8.27. The summed E-state index contributed by atoms with van der Waals surface area (Å²) in [6, 6.07) is 1.41. The standard InChI is InChI=1S/C13H20F3N3O2S.ClH/c1-9(2)11(17)6-7-19(3)22(20,21)10-4-5-12(18-8-10)13(14,15)16;/h4-5,8-9,11H,6-7,17H2,1-3H3;1H. The van der Waals surface area contributed by atoms with E-state index in [0.717, 1.165) is 16.6 Å². The lowest BCUT2D eigenvalue weighted by molar-refractivity contribution is -0.141. The molecule has 1 heterocycles. The molecule has 23 heavy (non-hydrogen) atoms. The SMILES string of the molecule is CC(C)C(N)CCN(C)S(=O)(=O)c1ccc(C(F)(F)F)nc1.Cl. The van der Waals surface area contributed by atoms with Crippen molar-refractivity contribution in [3.8, 4) is 0 Å². The number of pyridine rings is 1. The molecule has 0 spiro atoms. The van der Waals surface area contributed by atoms with Gasteiger partial charge in [0.05, 0.1) is 0 Å². The van der Waals surface area contributed by atoms with Crippen LogP contribution in [0.4, 0.5) is 13.2 Å². The summed E-state index contributed by atoms with van der Waals surface area (Å²) in [7, 11) is -2.51. The van der Waals surface area contributed by atoms with Gasteiger partial charge < -0.3 is 5.73 Å². The number of rotatable bonds is 6. The van der Waals surface area contributed by atoms with Crippen molar-refractivity contribution < 1.29 is 21.6 Å². The highest BCUT2D eigenvalue weighted by Crippen LogP contribution is 2.28. The van der Waals surface area contributed by atoms with Crippen LogP contribution in [-0.2, 0) is 16.2 Å². The molecule has 0 fully saturated rings. The number of alkyl halides is 3.